The number of nitrogens with one attached hydrogen (secondary N) is 2. The number of aryl methyl sites for hydroxylation is 1. The summed E-state index contributed by atoms with van der Waals surface area (Å²) in [5, 5.41) is 11.6. The second kappa shape index (κ2) is 8.65. The monoisotopic (exact) mass is 405 g/mol. The lowest BCUT2D eigenvalue weighted by molar-refractivity contribution is -0.137. The molecule has 1 amide bonds. The quantitative estimate of drug-likeness (QED) is 0.439. The Labute approximate surface area is 165 Å². The number of hydrogen-bond donors (Lipinski definition) is 2. The number of benzene rings is 1. The van der Waals surface area contributed by atoms with Gasteiger partial charge in [0.05, 0.1) is 17.7 Å². The van der Waals surface area contributed by atoms with Crippen LogP contribution in [0.1, 0.15) is 39.8 Å². The van der Waals surface area contributed by atoms with E-state index in [-0.39, 0.29) is 17.9 Å². The van der Waals surface area contributed by atoms with Gasteiger partial charge in [-0.1, -0.05) is 6.07 Å². The standard InChI is InChI=1S/C20H18F3N3O3/c1-4-29-19(28)17-11(2)16(25-12(17)3)8-13(10-24)18(27)26-15-7-5-6-14(9-15)20(21,22)23/h5-9,25H,4H2,1-3H3,(H,26,27)/b13-8+. The molecule has 0 aliphatic carbocycles. The van der Waals surface area contributed by atoms with Gasteiger partial charge in [0.1, 0.15) is 11.6 Å². The molecule has 0 bridgehead atoms. The highest BCUT2D eigenvalue weighted by Crippen LogP contribution is 2.30. The van der Waals surface area contributed by atoms with Crippen molar-refractivity contribution in [3.63, 3.8) is 0 Å². The number of alkyl halides is 3. The van der Waals surface area contributed by atoms with Crippen LogP contribution in [0.4, 0.5) is 18.9 Å². The average Bonchev–Trinajstić information content (AvgIpc) is 2.92. The fourth-order valence-corrected chi connectivity index (χ4v) is 2.69. The molecule has 1 aromatic carbocycles. The molecule has 0 aliphatic rings. The van der Waals surface area contributed by atoms with Gasteiger partial charge in [-0.05, 0) is 50.6 Å². The third-order valence-corrected chi connectivity index (χ3v) is 4.06. The third kappa shape index (κ3) is 5.04. The van der Waals surface area contributed by atoms with E-state index in [0.29, 0.717) is 22.5 Å². The zero-order valence-electron chi connectivity index (χ0n) is 15.9. The number of esters is 1. The van der Waals surface area contributed by atoms with Crippen LogP contribution in [-0.4, -0.2) is 23.5 Å². The maximum atomic E-state index is 12.8. The molecule has 0 fully saturated rings. The van der Waals surface area contributed by atoms with E-state index in [4.69, 9.17) is 4.74 Å². The number of aromatic amines is 1. The molecule has 0 aliphatic heterocycles. The van der Waals surface area contributed by atoms with Gasteiger partial charge >= 0.3 is 12.1 Å². The first-order valence-electron chi connectivity index (χ1n) is 8.55. The van der Waals surface area contributed by atoms with Crippen LogP contribution in [0.15, 0.2) is 29.8 Å². The molecule has 2 aromatic rings. The molecule has 0 atom stereocenters. The maximum absolute atomic E-state index is 12.8. The van der Waals surface area contributed by atoms with Gasteiger partial charge in [0, 0.05) is 17.1 Å². The fourth-order valence-electron chi connectivity index (χ4n) is 2.69. The molecule has 6 nitrogen and oxygen atoms in total. The van der Waals surface area contributed by atoms with Crippen molar-refractivity contribution in [1.29, 1.82) is 5.26 Å². The van der Waals surface area contributed by atoms with Gasteiger partial charge in [-0.25, -0.2) is 4.79 Å². The van der Waals surface area contributed by atoms with Crippen LogP contribution in [0.25, 0.3) is 6.08 Å². The predicted octanol–water partition coefficient (Wildman–Crippen LogP) is 4.37. The van der Waals surface area contributed by atoms with Crippen molar-refractivity contribution in [2.75, 3.05) is 11.9 Å². The molecular weight excluding hydrogens is 387 g/mol. The van der Waals surface area contributed by atoms with Crippen LogP contribution in [-0.2, 0) is 15.7 Å². The van der Waals surface area contributed by atoms with Crippen molar-refractivity contribution in [3.05, 3.63) is 57.9 Å². The van der Waals surface area contributed by atoms with Gasteiger partial charge in [0.25, 0.3) is 5.91 Å². The minimum absolute atomic E-state index is 0.0995. The Hall–Kier alpha value is -3.54. The molecule has 2 rings (SSSR count). The summed E-state index contributed by atoms with van der Waals surface area (Å²) in [4.78, 5) is 27.3. The molecule has 0 radical (unpaired) electrons. The lowest BCUT2D eigenvalue weighted by Gasteiger charge is -2.09. The van der Waals surface area contributed by atoms with Crippen molar-refractivity contribution in [2.24, 2.45) is 0 Å². The number of nitrogens with zero attached hydrogens (tertiary/aromatic N) is 1. The minimum atomic E-state index is -4.56. The summed E-state index contributed by atoms with van der Waals surface area (Å²) in [7, 11) is 0. The van der Waals surface area contributed by atoms with E-state index in [1.807, 2.05) is 0 Å². The van der Waals surface area contributed by atoms with Crippen LogP contribution in [0.5, 0.6) is 0 Å². The Morgan fingerprint density at radius 2 is 2.00 bits per heavy atom. The molecule has 2 N–H and O–H groups in total. The summed E-state index contributed by atoms with van der Waals surface area (Å²) in [6.07, 6.45) is -3.33. The van der Waals surface area contributed by atoms with Gasteiger partial charge in [0.15, 0.2) is 0 Å². The molecular formula is C20H18F3N3O3. The number of rotatable bonds is 5. The molecule has 9 heteroatoms. The summed E-state index contributed by atoms with van der Waals surface area (Å²) in [5.74, 6) is -1.42. The smallest absolute Gasteiger partial charge is 0.416 e. The van der Waals surface area contributed by atoms with Gasteiger partial charge < -0.3 is 15.0 Å². The van der Waals surface area contributed by atoms with Gasteiger partial charge in [0.2, 0.25) is 0 Å². The number of hydrogen-bond acceptors (Lipinski definition) is 4. The van der Waals surface area contributed by atoms with E-state index in [2.05, 4.69) is 10.3 Å². The van der Waals surface area contributed by atoms with Crippen molar-refractivity contribution < 1.29 is 27.5 Å². The Balaban J connectivity index is 2.31. The van der Waals surface area contributed by atoms with E-state index in [1.165, 1.54) is 12.1 Å². The summed E-state index contributed by atoms with van der Waals surface area (Å²) in [5.41, 5.74) is 0.269. The first-order chi connectivity index (χ1) is 13.6. The second-order valence-electron chi connectivity index (χ2n) is 6.09. The van der Waals surface area contributed by atoms with Gasteiger partial charge in [-0.2, -0.15) is 18.4 Å². The number of anilines is 1. The van der Waals surface area contributed by atoms with E-state index in [9.17, 15) is 28.0 Å². The summed E-state index contributed by atoms with van der Waals surface area (Å²) in [6, 6.07) is 5.80. The lowest BCUT2D eigenvalue weighted by atomic mass is 10.1. The molecule has 0 saturated carbocycles. The highest BCUT2D eigenvalue weighted by Gasteiger charge is 2.30. The van der Waals surface area contributed by atoms with E-state index < -0.39 is 23.6 Å². The highest BCUT2D eigenvalue weighted by molar-refractivity contribution is 6.10. The van der Waals surface area contributed by atoms with Crippen molar-refractivity contribution >= 4 is 23.6 Å². The van der Waals surface area contributed by atoms with Crippen LogP contribution < -0.4 is 5.32 Å². The van der Waals surface area contributed by atoms with Crippen molar-refractivity contribution in [2.45, 2.75) is 26.9 Å². The van der Waals surface area contributed by atoms with Crippen LogP contribution in [0.3, 0.4) is 0 Å². The normalized spacial score (nSPS) is 11.7. The number of H-pyrrole nitrogens is 1. The van der Waals surface area contributed by atoms with Crippen molar-refractivity contribution in [1.82, 2.24) is 4.98 Å². The number of nitriles is 1. The average molecular weight is 405 g/mol. The number of ether oxygens (including phenoxy) is 1. The fraction of sp³-hybridized carbons (Fsp3) is 0.250. The molecule has 1 aromatic heterocycles. The Morgan fingerprint density at radius 3 is 2.59 bits per heavy atom. The summed E-state index contributed by atoms with van der Waals surface area (Å²) >= 11 is 0. The molecule has 0 unspecified atom stereocenters. The molecule has 0 spiro atoms. The first-order valence-corrected chi connectivity index (χ1v) is 8.55. The Kier molecular flexibility index (Phi) is 6.49. The highest BCUT2D eigenvalue weighted by atomic mass is 19.4. The lowest BCUT2D eigenvalue weighted by Crippen LogP contribution is -2.14. The zero-order valence-corrected chi connectivity index (χ0v) is 15.9. The Bertz CT molecular complexity index is 1010. The van der Waals surface area contributed by atoms with Gasteiger partial charge in [-0.3, -0.25) is 4.79 Å². The van der Waals surface area contributed by atoms with E-state index in [1.54, 1.807) is 26.8 Å². The largest absolute Gasteiger partial charge is 0.462 e. The molecule has 29 heavy (non-hydrogen) atoms. The van der Waals surface area contributed by atoms with E-state index >= 15 is 0 Å². The number of aromatic nitrogens is 1. The summed E-state index contributed by atoms with van der Waals surface area (Å²) in [6.45, 7) is 5.13. The predicted molar refractivity (Wildman–Crippen MR) is 99.9 cm³/mol. The SMILES string of the molecule is CCOC(=O)c1c(C)[nH]c(/C=C(\C#N)C(=O)Nc2cccc(C(F)(F)F)c2)c1C. The molecule has 0 saturated heterocycles. The number of amides is 1. The third-order valence-electron chi connectivity index (χ3n) is 4.06. The summed E-state index contributed by atoms with van der Waals surface area (Å²) < 4.78 is 43.4. The maximum Gasteiger partial charge on any atom is 0.416 e. The zero-order chi connectivity index (χ0) is 21.8. The Morgan fingerprint density at radius 1 is 1.31 bits per heavy atom. The van der Waals surface area contributed by atoms with Crippen LogP contribution >= 0.6 is 0 Å². The number of halogens is 3. The minimum Gasteiger partial charge on any atom is -0.462 e. The first kappa shape index (κ1) is 21.8. The molecule has 1 heterocycles. The van der Waals surface area contributed by atoms with E-state index in [0.717, 1.165) is 18.2 Å². The number of carbonyl (C=O) groups is 2. The number of carbonyl (C=O) groups excluding carboxylic acids is 2. The van der Waals surface area contributed by atoms with Crippen LogP contribution in [0, 0.1) is 25.2 Å². The van der Waals surface area contributed by atoms with Crippen LogP contribution in [0.2, 0.25) is 0 Å². The second-order valence-corrected chi connectivity index (χ2v) is 6.09. The molecule has 152 valence electrons. The van der Waals surface area contributed by atoms with Crippen molar-refractivity contribution in [3.8, 4) is 6.07 Å². The topological polar surface area (TPSA) is 95.0 Å². The van der Waals surface area contributed by atoms with Gasteiger partial charge in [-0.15, -0.1) is 0 Å².